The topological polar surface area (TPSA) is 79.4 Å². The first kappa shape index (κ1) is 19.4. The molecule has 0 aliphatic rings. The van der Waals surface area contributed by atoms with Gasteiger partial charge in [0, 0.05) is 35.2 Å². The van der Waals surface area contributed by atoms with Crippen LogP contribution in [0.1, 0.15) is 16.7 Å². The van der Waals surface area contributed by atoms with Gasteiger partial charge in [0.25, 0.3) is 5.91 Å². The summed E-state index contributed by atoms with van der Waals surface area (Å²) in [6.07, 6.45) is 7.01. The number of amides is 1. The molecule has 6 heteroatoms. The van der Waals surface area contributed by atoms with Crippen LogP contribution in [0.15, 0.2) is 72.2 Å². The van der Waals surface area contributed by atoms with Crippen LogP contribution >= 0.6 is 0 Å². The second-order valence-electron chi connectivity index (χ2n) is 7.11. The predicted octanol–water partition coefficient (Wildman–Crippen LogP) is 4.38. The Morgan fingerprint density at radius 2 is 2.10 bits per heavy atom. The summed E-state index contributed by atoms with van der Waals surface area (Å²) in [5, 5.41) is 5.16. The Morgan fingerprint density at radius 1 is 1.20 bits per heavy atom. The van der Waals surface area contributed by atoms with Crippen LogP contribution in [0, 0.1) is 13.8 Å². The van der Waals surface area contributed by atoms with Gasteiger partial charge in [-0.1, -0.05) is 24.3 Å². The maximum Gasteiger partial charge on any atom is 0.277 e. The van der Waals surface area contributed by atoms with E-state index in [9.17, 15) is 4.79 Å². The maximum atomic E-state index is 12.2. The van der Waals surface area contributed by atoms with Crippen molar-refractivity contribution in [1.29, 1.82) is 0 Å². The van der Waals surface area contributed by atoms with Gasteiger partial charge in [-0.3, -0.25) is 9.78 Å². The van der Waals surface area contributed by atoms with Crippen molar-refractivity contribution in [3.63, 3.8) is 0 Å². The number of carbonyl (C=O) groups is 1. The normalized spacial score (nSPS) is 11.1. The molecule has 0 fully saturated rings. The lowest BCUT2D eigenvalue weighted by molar-refractivity contribution is -0.123. The number of nitrogens with zero attached hydrogens (tertiary/aromatic N) is 2. The second kappa shape index (κ2) is 8.61. The number of hydrogen-bond acceptors (Lipinski definition) is 4. The van der Waals surface area contributed by atoms with Gasteiger partial charge in [-0.15, -0.1) is 0 Å². The van der Waals surface area contributed by atoms with E-state index in [1.54, 1.807) is 18.6 Å². The van der Waals surface area contributed by atoms with Crippen LogP contribution in [0.3, 0.4) is 0 Å². The number of nitrogens with one attached hydrogen (secondary N) is 2. The summed E-state index contributed by atoms with van der Waals surface area (Å²) in [6.45, 7) is 3.86. The van der Waals surface area contributed by atoms with Crippen molar-refractivity contribution in [3.05, 3.63) is 83.8 Å². The van der Waals surface area contributed by atoms with Gasteiger partial charge in [-0.2, -0.15) is 5.10 Å². The zero-order chi connectivity index (χ0) is 20.9. The number of pyridine rings is 1. The van der Waals surface area contributed by atoms with E-state index in [-0.39, 0.29) is 12.5 Å². The third kappa shape index (κ3) is 4.38. The highest BCUT2D eigenvalue weighted by Crippen LogP contribution is 2.33. The minimum Gasteiger partial charge on any atom is -0.483 e. The van der Waals surface area contributed by atoms with Crippen molar-refractivity contribution < 1.29 is 9.53 Å². The molecule has 0 unspecified atom stereocenters. The smallest absolute Gasteiger partial charge is 0.277 e. The Morgan fingerprint density at radius 3 is 2.93 bits per heavy atom. The molecule has 0 saturated heterocycles. The van der Waals surface area contributed by atoms with E-state index in [4.69, 9.17) is 4.74 Å². The third-order valence-corrected chi connectivity index (χ3v) is 4.72. The Labute approximate surface area is 174 Å². The Balaban J connectivity index is 1.42. The van der Waals surface area contributed by atoms with E-state index in [0.29, 0.717) is 5.75 Å². The minimum atomic E-state index is -0.329. The Kier molecular flexibility index (Phi) is 5.57. The summed E-state index contributed by atoms with van der Waals surface area (Å²) in [5.41, 5.74) is 8.36. The summed E-state index contributed by atoms with van der Waals surface area (Å²) in [4.78, 5) is 19.6. The van der Waals surface area contributed by atoms with Gasteiger partial charge in [-0.25, -0.2) is 5.43 Å². The molecule has 0 atom stereocenters. The fourth-order valence-corrected chi connectivity index (χ4v) is 3.38. The molecule has 2 heterocycles. The summed E-state index contributed by atoms with van der Waals surface area (Å²) in [7, 11) is 0. The molecule has 150 valence electrons. The highest BCUT2D eigenvalue weighted by atomic mass is 16.5. The van der Waals surface area contributed by atoms with Gasteiger partial charge in [0.2, 0.25) is 0 Å². The van der Waals surface area contributed by atoms with E-state index in [0.717, 1.165) is 38.7 Å². The Hall–Kier alpha value is -3.93. The van der Waals surface area contributed by atoms with Crippen LogP contribution in [-0.4, -0.2) is 28.7 Å². The fourth-order valence-electron chi connectivity index (χ4n) is 3.38. The van der Waals surface area contributed by atoms with Gasteiger partial charge in [-0.05, 0) is 60.2 Å². The van der Waals surface area contributed by atoms with E-state index < -0.39 is 0 Å². The van der Waals surface area contributed by atoms with E-state index in [2.05, 4.69) is 20.5 Å². The molecule has 0 spiro atoms. The van der Waals surface area contributed by atoms with Gasteiger partial charge in [0.05, 0.1) is 6.21 Å². The molecule has 0 saturated carbocycles. The first-order chi connectivity index (χ1) is 14.6. The molecule has 2 aromatic heterocycles. The van der Waals surface area contributed by atoms with Crippen molar-refractivity contribution >= 4 is 23.0 Å². The first-order valence-corrected chi connectivity index (χ1v) is 9.63. The van der Waals surface area contributed by atoms with Crippen LogP contribution in [-0.2, 0) is 4.79 Å². The van der Waals surface area contributed by atoms with Crippen LogP contribution in [0.25, 0.3) is 22.0 Å². The van der Waals surface area contributed by atoms with Crippen LogP contribution in [0.2, 0.25) is 0 Å². The molecule has 1 amide bonds. The number of ether oxygens (including phenoxy) is 1. The molecule has 0 aliphatic heterocycles. The molecule has 4 rings (SSSR count). The van der Waals surface area contributed by atoms with Gasteiger partial charge in [0.15, 0.2) is 6.61 Å². The number of aromatic amines is 1. The minimum absolute atomic E-state index is 0.135. The molecule has 0 radical (unpaired) electrons. The van der Waals surface area contributed by atoms with E-state index in [1.807, 2.05) is 68.6 Å². The molecule has 30 heavy (non-hydrogen) atoms. The van der Waals surface area contributed by atoms with E-state index in [1.165, 1.54) is 0 Å². The summed E-state index contributed by atoms with van der Waals surface area (Å²) >= 11 is 0. The van der Waals surface area contributed by atoms with Crippen molar-refractivity contribution in [2.45, 2.75) is 13.8 Å². The number of aryl methyl sites for hydroxylation is 2. The Bertz CT molecular complexity index is 1210. The average Bonchev–Trinajstić information content (AvgIpc) is 3.21. The summed E-state index contributed by atoms with van der Waals surface area (Å²) in [6, 6.07) is 15.8. The van der Waals surface area contributed by atoms with Crippen LogP contribution in [0.5, 0.6) is 5.75 Å². The van der Waals surface area contributed by atoms with Crippen LogP contribution in [0.4, 0.5) is 0 Å². The lowest BCUT2D eigenvalue weighted by Gasteiger charge is -2.15. The molecule has 0 bridgehead atoms. The van der Waals surface area contributed by atoms with E-state index >= 15 is 0 Å². The number of hydrogen-bond donors (Lipinski definition) is 2. The molecular formula is C24H22N4O2. The number of carbonyl (C=O) groups excluding carboxylic acids is 1. The van der Waals surface area contributed by atoms with Gasteiger partial charge < -0.3 is 9.72 Å². The molecule has 4 aromatic rings. The summed E-state index contributed by atoms with van der Waals surface area (Å²) in [5.74, 6) is 0.342. The molecular weight excluding hydrogens is 376 g/mol. The van der Waals surface area contributed by atoms with Crippen molar-refractivity contribution in [1.82, 2.24) is 15.4 Å². The molecule has 2 N–H and O–H groups in total. The zero-order valence-electron chi connectivity index (χ0n) is 16.8. The second-order valence-corrected chi connectivity index (χ2v) is 7.11. The fraction of sp³-hybridized carbons (Fsp3) is 0.125. The number of aromatic nitrogens is 2. The van der Waals surface area contributed by atoms with Crippen molar-refractivity contribution in [2.24, 2.45) is 5.10 Å². The SMILES string of the molecule is Cc1cc(C)c(OCC(=O)N/N=C/c2ccc3cc[nH]c3c2)c(-c2cccnc2)c1. The largest absolute Gasteiger partial charge is 0.483 e. The summed E-state index contributed by atoms with van der Waals surface area (Å²) < 4.78 is 5.87. The number of benzene rings is 2. The lowest BCUT2D eigenvalue weighted by Crippen LogP contribution is -2.25. The first-order valence-electron chi connectivity index (χ1n) is 9.63. The monoisotopic (exact) mass is 398 g/mol. The highest BCUT2D eigenvalue weighted by molar-refractivity contribution is 5.89. The van der Waals surface area contributed by atoms with Crippen LogP contribution < -0.4 is 10.2 Å². The number of hydrazone groups is 1. The van der Waals surface area contributed by atoms with Gasteiger partial charge >= 0.3 is 0 Å². The zero-order valence-corrected chi connectivity index (χ0v) is 16.8. The number of H-pyrrole nitrogens is 1. The molecule has 2 aromatic carbocycles. The number of rotatable bonds is 6. The lowest BCUT2D eigenvalue weighted by atomic mass is 10.0. The quantitative estimate of drug-likeness (QED) is 0.374. The standard InChI is InChI=1S/C24H22N4O2/c1-16-10-17(2)24(21(11-16)20-4-3-8-25-14-20)30-15-23(29)28-27-13-18-5-6-19-7-9-26-22(19)12-18/h3-14,26H,15H2,1-2H3,(H,28,29)/b27-13+. The predicted molar refractivity (Wildman–Crippen MR) is 119 cm³/mol. The average molecular weight is 398 g/mol. The van der Waals surface area contributed by atoms with Gasteiger partial charge in [0.1, 0.15) is 5.75 Å². The third-order valence-electron chi connectivity index (χ3n) is 4.72. The number of fused-ring (bicyclic) bond motifs is 1. The highest BCUT2D eigenvalue weighted by Gasteiger charge is 2.12. The van der Waals surface area contributed by atoms with Crippen molar-refractivity contribution in [3.8, 4) is 16.9 Å². The molecule has 6 nitrogen and oxygen atoms in total. The molecule has 0 aliphatic carbocycles. The van der Waals surface area contributed by atoms with Crippen molar-refractivity contribution in [2.75, 3.05) is 6.61 Å². The maximum absolute atomic E-state index is 12.2.